The third-order valence-corrected chi connectivity index (χ3v) is 6.07. The Morgan fingerprint density at radius 1 is 1.11 bits per heavy atom. The molecule has 4 nitrogen and oxygen atoms in total. The van der Waals surface area contributed by atoms with Crippen molar-refractivity contribution >= 4 is 5.69 Å². The number of aliphatic hydroxyl groups excluding tert-OH is 2. The summed E-state index contributed by atoms with van der Waals surface area (Å²) in [5, 5.41) is 23.1. The minimum Gasteiger partial charge on any atom is -0.394 e. The van der Waals surface area contributed by atoms with E-state index in [0.29, 0.717) is 12.8 Å². The number of nitrogens with one attached hydrogen (secondary N) is 1. The van der Waals surface area contributed by atoms with Crippen molar-refractivity contribution in [3.8, 4) is 0 Å². The van der Waals surface area contributed by atoms with Crippen molar-refractivity contribution in [2.24, 2.45) is 0 Å². The summed E-state index contributed by atoms with van der Waals surface area (Å²) in [7, 11) is 0. The minimum atomic E-state index is -0.418. The number of aryl methyl sites for hydroxylation is 2. The molecular formula is C24H31NO3. The molecule has 0 amide bonds. The first-order valence-electron chi connectivity index (χ1n) is 10.6. The molecule has 2 aromatic carbocycles. The minimum absolute atomic E-state index is 0.0450. The number of fused-ring (bicyclic) bond motifs is 1. The summed E-state index contributed by atoms with van der Waals surface area (Å²) in [6.45, 7) is 3.21. The second-order valence-electron chi connectivity index (χ2n) is 8.13. The molecule has 0 radical (unpaired) electrons. The Morgan fingerprint density at radius 3 is 2.82 bits per heavy atom. The predicted molar refractivity (Wildman–Crippen MR) is 112 cm³/mol. The number of benzene rings is 2. The average molecular weight is 382 g/mol. The molecule has 1 fully saturated rings. The SMILES string of the molecule is CCc1ccc([C@H]2C[C@@H](O)C[C@@H](CO)O2)cc1Cc1ccc2c(c1)CCCN2. The highest BCUT2D eigenvalue weighted by Gasteiger charge is 2.29. The lowest BCUT2D eigenvalue weighted by molar-refractivity contribution is -0.113. The number of rotatable bonds is 5. The monoisotopic (exact) mass is 381 g/mol. The van der Waals surface area contributed by atoms with Gasteiger partial charge in [0.1, 0.15) is 0 Å². The highest BCUT2D eigenvalue weighted by Crippen LogP contribution is 2.33. The maximum Gasteiger partial charge on any atom is 0.0854 e. The fourth-order valence-electron chi connectivity index (χ4n) is 4.54. The van der Waals surface area contributed by atoms with Crippen molar-refractivity contribution in [1.82, 2.24) is 0 Å². The Balaban J connectivity index is 1.59. The lowest BCUT2D eigenvalue weighted by Crippen LogP contribution is -2.33. The van der Waals surface area contributed by atoms with Crippen LogP contribution in [0.25, 0.3) is 0 Å². The van der Waals surface area contributed by atoms with Gasteiger partial charge in [0, 0.05) is 25.1 Å². The van der Waals surface area contributed by atoms with Crippen LogP contribution < -0.4 is 5.32 Å². The highest BCUT2D eigenvalue weighted by molar-refractivity contribution is 5.55. The lowest BCUT2D eigenvalue weighted by Gasteiger charge is -2.33. The number of hydrogen-bond acceptors (Lipinski definition) is 4. The van der Waals surface area contributed by atoms with Gasteiger partial charge in [0.25, 0.3) is 0 Å². The zero-order chi connectivity index (χ0) is 19.5. The molecule has 0 saturated carbocycles. The van der Waals surface area contributed by atoms with Crippen LogP contribution in [0.5, 0.6) is 0 Å². The standard InChI is InChI=1S/C24H31NO3/c1-2-17-6-7-19(24-14-21(27)13-22(15-26)28-24)12-20(17)11-16-5-8-23-18(10-16)4-3-9-25-23/h5-8,10,12,21-22,24-27H,2-4,9,11,13-15H2,1H3/t21-,22-,24+/m0/s1. The molecule has 1 saturated heterocycles. The molecule has 2 aliphatic heterocycles. The number of ether oxygens (including phenoxy) is 1. The van der Waals surface area contributed by atoms with Crippen LogP contribution in [-0.4, -0.2) is 35.6 Å². The second kappa shape index (κ2) is 8.64. The molecule has 0 bridgehead atoms. The molecule has 2 aliphatic rings. The average Bonchev–Trinajstić information content (AvgIpc) is 2.73. The molecule has 28 heavy (non-hydrogen) atoms. The molecule has 0 aliphatic carbocycles. The van der Waals surface area contributed by atoms with Crippen molar-refractivity contribution in [1.29, 1.82) is 0 Å². The smallest absolute Gasteiger partial charge is 0.0854 e. The number of anilines is 1. The van der Waals surface area contributed by atoms with E-state index in [2.05, 4.69) is 48.6 Å². The van der Waals surface area contributed by atoms with Gasteiger partial charge in [-0.25, -0.2) is 0 Å². The van der Waals surface area contributed by atoms with Crippen molar-refractivity contribution in [2.45, 2.75) is 63.8 Å². The fraction of sp³-hybridized carbons (Fsp3) is 0.500. The van der Waals surface area contributed by atoms with E-state index in [9.17, 15) is 10.2 Å². The molecule has 0 aromatic heterocycles. The number of hydrogen-bond donors (Lipinski definition) is 3. The lowest BCUT2D eigenvalue weighted by atomic mass is 9.90. The van der Waals surface area contributed by atoms with Gasteiger partial charge in [-0.15, -0.1) is 0 Å². The third-order valence-electron chi connectivity index (χ3n) is 6.07. The van der Waals surface area contributed by atoms with E-state index in [0.717, 1.165) is 31.4 Å². The first kappa shape index (κ1) is 19.4. The van der Waals surface area contributed by atoms with Crippen LogP contribution in [0.15, 0.2) is 36.4 Å². The normalized spacial score (nSPS) is 24.5. The van der Waals surface area contributed by atoms with E-state index >= 15 is 0 Å². The van der Waals surface area contributed by atoms with Crippen LogP contribution in [-0.2, 0) is 24.0 Å². The summed E-state index contributed by atoms with van der Waals surface area (Å²) in [6.07, 6.45) is 4.49. The number of aliphatic hydroxyl groups is 2. The Labute approximate surface area is 167 Å². The van der Waals surface area contributed by atoms with Gasteiger partial charge in [-0.05, 0) is 59.6 Å². The summed E-state index contributed by atoms with van der Waals surface area (Å²) >= 11 is 0. The van der Waals surface area contributed by atoms with E-state index in [4.69, 9.17) is 4.74 Å². The maximum absolute atomic E-state index is 10.2. The first-order chi connectivity index (χ1) is 13.7. The molecule has 4 rings (SSSR count). The van der Waals surface area contributed by atoms with Crippen molar-refractivity contribution < 1.29 is 14.9 Å². The Kier molecular flexibility index (Phi) is 6.00. The summed E-state index contributed by atoms with van der Waals surface area (Å²) in [6, 6.07) is 13.3. The van der Waals surface area contributed by atoms with E-state index in [-0.39, 0.29) is 18.8 Å². The summed E-state index contributed by atoms with van der Waals surface area (Å²) in [5.74, 6) is 0. The van der Waals surface area contributed by atoms with Crippen LogP contribution in [0, 0.1) is 0 Å². The van der Waals surface area contributed by atoms with Crippen LogP contribution in [0.1, 0.15) is 60.1 Å². The summed E-state index contributed by atoms with van der Waals surface area (Å²) in [4.78, 5) is 0. The fourth-order valence-corrected chi connectivity index (χ4v) is 4.54. The van der Waals surface area contributed by atoms with Crippen LogP contribution >= 0.6 is 0 Å². The van der Waals surface area contributed by atoms with Crippen molar-refractivity contribution in [3.05, 3.63) is 64.2 Å². The van der Waals surface area contributed by atoms with Crippen LogP contribution in [0.3, 0.4) is 0 Å². The van der Waals surface area contributed by atoms with Gasteiger partial charge in [0.15, 0.2) is 0 Å². The van der Waals surface area contributed by atoms with E-state index in [1.165, 1.54) is 34.4 Å². The second-order valence-corrected chi connectivity index (χ2v) is 8.13. The summed E-state index contributed by atoms with van der Waals surface area (Å²) in [5.41, 5.74) is 7.82. The van der Waals surface area contributed by atoms with E-state index < -0.39 is 6.10 Å². The molecule has 3 N–H and O–H groups in total. The molecule has 0 unspecified atom stereocenters. The Morgan fingerprint density at radius 2 is 2.00 bits per heavy atom. The molecule has 3 atom stereocenters. The first-order valence-corrected chi connectivity index (χ1v) is 10.6. The Bertz CT molecular complexity index is 819. The van der Waals surface area contributed by atoms with Crippen LogP contribution in [0.2, 0.25) is 0 Å². The topological polar surface area (TPSA) is 61.7 Å². The molecule has 2 aromatic rings. The predicted octanol–water partition coefficient (Wildman–Crippen LogP) is 3.77. The third kappa shape index (κ3) is 4.24. The molecule has 4 heteroatoms. The van der Waals surface area contributed by atoms with Gasteiger partial charge < -0.3 is 20.3 Å². The largest absolute Gasteiger partial charge is 0.394 e. The van der Waals surface area contributed by atoms with Gasteiger partial charge in [0.05, 0.1) is 24.9 Å². The van der Waals surface area contributed by atoms with Crippen molar-refractivity contribution in [3.63, 3.8) is 0 Å². The van der Waals surface area contributed by atoms with Gasteiger partial charge >= 0.3 is 0 Å². The quantitative estimate of drug-likeness (QED) is 0.738. The zero-order valence-corrected chi connectivity index (χ0v) is 16.7. The summed E-state index contributed by atoms with van der Waals surface area (Å²) < 4.78 is 6.03. The van der Waals surface area contributed by atoms with Gasteiger partial charge in [-0.2, -0.15) is 0 Å². The maximum atomic E-state index is 10.2. The van der Waals surface area contributed by atoms with Gasteiger partial charge in [-0.3, -0.25) is 0 Å². The Hall–Kier alpha value is -1.88. The van der Waals surface area contributed by atoms with E-state index in [1.807, 2.05) is 0 Å². The van der Waals surface area contributed by atoms with Crippen LogP contribution in [0.4, 0.5) is 5.69 Å². The van der Waals surface area contributed by atoms with Gasteiger partial charge in [0.2, 0.25) is 0 Å². The molecular weight excluding hydrogens is 350 g/mol. The van der Waals surface area contributed by atoms with E-state index in [1.54, 1.807) is 0 Å². The molecule has 0 spiro atoms. The highest BCUT2D eigenvalue weighted by atomic mass is 16.5. The molecule has 150 valence electrons. The zero-order valence-electron chi connectivity index (χ0n) is 16.7. The van der Waals surface area contributed by atoms with Gasteiger partial charge in [-0.1, -0.05) is 37.3 Å². The molecule has 2 heterocycles. The van der Waals surface area contributed by atoms with Crippen molar-refractivity contribution in [2.75, 3.05) is 18.5 Å².